The Bertz CT molecular complexity index is 2310. The average Bonchev–Trinajstić information content (AvgIpc) is 3.24. The number of nitrogens with one attached hydrogen (secondary N) is 4. The highest BCUT2D eigenvalue weighted by Gasteiger charge is 2.23. The van der Waals surface area contributed by atoms with E-state index >= 15 is 0 Å². The van der Waals surface area contributed by atoms with Crippen LogP contribution in [0.25, 0.3) is 22.0 Å². The van der Waals surface area contributed by atoms with Crippen molar-refractivity contribution in [2.75, 3.05) is 38.0 Å². The summed E-state index contributed by atoms with van der Waals surface area (Å²) in [5, 5.41) is 21.1. The molecule has 1 fully saturated rings. The molecule has 292 valence electrons. The summed E-state index contributed by atoms with van der Waals surface area (Å²) in [6.45, 7) is 3.88. The molecule has 7 rings (SSSR count). The molecular formula is C46H47N5O6. The number of aromatic amines is 1. The van der Waals surface area contributed by atoms with Gasteiger partial charge in [-0.1, -0.05) is 97.1 Å². The Morgan fingerprint density at radius 2 is 1.53 bits per heavy atom. The molecule has 11 nitrogen and oxygen atoms in total. The molecule has 5 N–H and O–H groups in total. The van der Waals surface area contributed by atoms with Gasteiger partial charge in [-0.3, -0.25) is 14.9 Å². The van der Waals surface area contributed by atoms with Gasteiger partial charge in [0.05, 0.1) is 17.3 Å². The van der Waals surface area contributed by atoms with Crippen LogP contribution in [0.3, 0.4) is 0 Å². The summed E-state index contributed by atoms with van der Waals surface area (Å²) in [4.78, 5) is 43.0. The largest absolute Gasteiger partial charge is 0.487 e. The molecule has 2 amide bonds. The Morgan fingerprint density at radius 3 is 2.30 bits per heavy atom. The monoisotopic (exact) mass is 765 g/mol. The number of amides is 2. The van der Waals surface area contributed by atoms with E-state index in [2.05, 4.69) is 25.8 Å². The van der Waals surface area contributed by atoms with Crippen molar-refractivity contribution in [2.24, 2.45) is 0 Å². The summed E-state index contributed by atoms with van der Waals surface area (Å²) in [5.41, 5.74) is 6.18. The maximum Gasteiger partial charge on any atom is 0.411 e. The van der Waals surface area contributed by atoms with Gasteiger partial charge in [0, 0.05) is 61.8 Å². The Hall–Kier alpha value is -6.27. The molecule has 0 bridgehead atoms. The first-order valence-electron chi connectivity index (χ1n) is 19.3. The number of anilines is 1. The van der Waals surface area contributed by atoms with E-state index in [1.165, 1.54) is 6.07 Å². The summed E-state index contributed by atoms with van der Waals surface area (Å²) < 4.78 is 11.8. The zero-order valence-electron chi connectivity index (χ0n) is 31.7. The number of nitrogens with zero attached hydrogens (tertiary/aromatic N) is 1. The second-order valence-electron chi connectivity index (χ2n) is 14.1. The second-order valence-corrected chi connectivity index (χ2v) is 14.1. The number of piperidine rings is 1. The predicted octanol–water partition coefficient (Wildman–Crippen LogP) is 7.04. The van der Waals surface area contributed by atoms with Gasteiger partial charge in [0.25, 0.3) is 5.91 Å². The first kappa shape index (κ1) is 39.0. The normalized spacial score (nSPS) is 13.8. The van der Waals surface area contributed by atoms with Crippen LogP contribution < -0.4 is 26.2 Å². The molecule has 0 spiro atoms. The Labute approximate surface area is 331 Å². The van der Waals surface area contributed by atoms with Crippen molar-refractivity contribution in [3.05, 3.63) is 166 Å². The summed E-state index contributed by atoms with van der Waals surface area (Å²) in [7, 11) is 0. The zero-order chi connectivity index (χ0) is 39.4. The smallest absolute Gasteiger partial charge is 0.411 e. The van der Waals surface area contributed by atoms with Crippen LogP contribution >= 0.6 is 0 Å². The van der Waals surface area contributed by atoms with E-state index in [4.69, 9.17) is 9.47 Å². The lowest BCUT2D eigenvalue weighted by atomic mass is 10.0. The number of pyridine rings is 1. The number of aliphatic hydroxyl groups is 1. The molecule has 1 saturated heterocycles. The number of aliphatic hydroxyl groups excluding tert-OH is 1. The van der Waals surface area contributed by atoms with Gasteiger partial charge in [0.1, 0.15) is 18.5 Å². The zero-order valence-corrected chi connectivity index (χ0v) is 31.7. The highest BCUT2D eigenvalue weighted by atomic mass is 16.6. The van der Waals surface area contributed by atoms with E-state index in [9.17, 15) is 19.5 Å². The lowest BCUT2D eigenvalue weighted by molar-refractivity contribution is 0.0587. The van der Waals surface area contributed by atoms with E-state index in [0.29, 0.717) is 59.7 Å². The van der Waals surface area contributed by atoms with Gasteiger partial charge in [-0.05, 0) is 65.4 Å². The van der Waals surface area contributed by atoms with Gasteiger partial charge < -0.3 is 35.1 Å². The number of carbonyl (C=O) groups is 2. The predicted molar refractivity (Wildman–Crippen MR) is 222 cm³/mol. The third-order valence-corrected chi connectivity index (χ3v) is 10.1. The van der Waals surface area contributed by atoms with Crippen LogP contribution in [0.4, 0.5) is 10.5 Å². The van der Waals surface area contributed by atoms with E-state index in [1.807, 2.05) is 103 Å². The Balaban J connectivity index is 0.813. The number of fused-ring (bicyclic) bond motifs is 1. The van der Waals surface area contributed by atoms with Gasteiger partial charge in [-0.15, -0.1) is 0 Å². The SMILES string of the molecule is O=C(Nc1ccccc1-c1ccccc1)OC1CCN(CCNC(=O)c2ccc(CNC[C@@H](O)c3ccc(OCc4ccccc4)c4[nH]c(=O)ccc34)cc2)CC1. The molecule has 5 aromatic carbocycles. The fourth-order valence-electron chi connectivity index (χ4n) is 7.06. The molecule has 0 aliphatic carbocycles. The highest BCUT2D eigenvalue weighted by molar-refractivity contribution is 5.94. The van der Waals surface area contributed by atoms with Crippen molar-refractivity contribution < 1.29 is 24.2 Å². The lowest BCUT2D eigenvalue weighted by Crippen LogP contribution is -2.42. The van der Waals surface area contributed by atoms with E-state index in [1.54, 1.807) is 24.3 Å². The van der Waals surface area contributed by atoms with E-state index in [-0.39, 0.29) is 24.1 Å². The molecule has 1 aliphatic rings. The van der Waals surface area contributed by atoms with E-state index < -0.39 is 12.2 Å². The number of carbonyl (C=O) groups excluding carboxylic acids is 2. The number of rotatable bonds is 15. The molecule has 1 atom stereocenters. The van der Waals surface area contributed by atoms with Crippen molar-refractivity contribution in [3.63, 3.8) is 0 Å². The third kappa shape index (κ3) is 10.5. The molecule has 57 heavy (non-hydrogen) atoms. The van der Waals surface area contributed by atoms with Crippen molar-refractivity contribution in [2.45, 2.75) is 38.2 Å². The van der Waals surface area contributed by atoms with Gasteiger partial charge in [-0.25, -0.2) is 4.79 Å². The maximum atomic E-state index is 12.9. The van der Waals surface area contributed by atoms with Crippen molar-refractivity contribution >= 4 is 28.6 Å². The van der Waals surface area contributed by atoms with Crippen LogP contribution in [-0.4, -0.2) is 65.8 Å². The molecule has 1 aliphatic heterocycles. The minimum atomic E-state index is -0.835. The van der Waals surface area contributed by atoms with Crippen LogP contribution in [0, 0.1) is 0 Å². The van der Waals surface area contributed by atoms with Crippen LogP contribution in [0.1, 0.15) is 46.0 Å². The van der Waals surface area contributed by atoms with Gasteiger partial charge in [0.15, 0.2) is 0 Å². The number of para-hydroxylation sites is 1. The first-order chi connectivity index (χ1) is 27.9. The van der Waals surface area contributed by atoms with Crippen LogP contribution in [0.2, 0.25) is 0 Å². The molecule has 0 radical (unpaired) electrons. The molecule has 2 heterocycles. The standard InChI is InChI=1S/C46H47N5O6/c52-41(38-19-21-42(44-39(38)20-22-43(53)50-44)56-31-33-9-3-1-4-10-33)30-47-29-32-15-17-35(18-16-32)45(54)48-25-28-51-26-23-36(24-27-51)57-46(55)49-40-14-8-7-13-37(40)34-11-5-2-6-12-34/h1-22,36,41,47,52H,23-31H2,(H,48,54)(H,49,55)(H,50,53)/t41-/m1/s1. The molecule has 0 unspecified atom stereocenters. The molecule has 11 heteroatoms. The average molecular weight is 766 g/mol. The minimum absolute atomic E-state index is 0.142. The van der Waals surface area contributed by atoms with Crippen molar-refractivity contribution in [1.29, 1.82) is 0 Å². The third-order valence-electron chi connectivity index (χ3n) is 10.1. The van der Waals surface area contributed by atoms with Crippen LogP contribution in [0.5, 0.6) is 5.75 Å². The first-order valence-corrected chi connectivity index (χ1v) is 19.3. The van der Waals surface area contributed by atoms with Gasteiger partial charge in [-0.2, -0.15) is 0 Å². The number of H-pyrrole nitrogens is 1. The summed E-state index contributed by atoms with van der Waals surface area (Å²) in [5.74, 6) is 0.395. The highest BCUT2D eigenvalue weighted by Crippen LogP contribution is 2.31. The fourth-order valence-corrected chi connectivity index (χ4v) is 7.06. The summed E-state index contributed by atoms with van der Waals surface area (Å²) in [6, 6.07) is 41.5. The lowest BCUT2D eigenvalue weighted by Gasteiger charge is -2.31. The van der Waals surface area contributed by atoms with Crippen LogP contribution in [0.15, 0.2) is 138 Å². The fraction of sp³-hybridized carbons (Fsp3) is 0.239. The summed E-state index contributed by atoms with van der Waals surface area (Å²) in [6.07, 6.45) is -0.00852. The van der Waals surface area contributed by atoms with Crippen molar-refractivity contribution in [3.8, 4) is 16.9 Å². The van der Waals surface area contributed by atoms with Gasteiger partial charge >= 0.3 is 6.09 Å². The minimum Gasteiger partial charge on any atom is -0.487 e. The maximum absolute atomic E-state index is 12.9. The number of ether oxygens (including phenoxy) is 2. The number of likely N-dealkylation sites (tertiary alicyclic amines) is 1. The Morgan fingerprint density at radius 1 is 0.807 bits per heavy atom. The number of aromatic nitrogens is 1. The summed E-state index contributed by atoms with van der Waals surface area (Å²) >= 11 is 0. The molecular weight excluding hydrogens is 719 g/mol. The number of hydrogen-bond acceptors (Lipinski definition) is 8. The topological polar surface area (TPSA) is 145 Å². The quantitative estimate of drug-likeness (QED) is 0.0749. The van der Waals surface area contributed by atoms with E-state index in [0.717, 1.165) is 48.2 Å². The van der Waals surface area contributed by atoms with Crippen LogP contribution in [-0.2, 0) is 17.9 Å². The second kappa shape index (κ2) is 19.1. The number of hydrogen-bond donors (Lipinski definition) is 5. The van der Waals surface area contributed by atoms with Gasteiger partial charge in [0.2, 0.25) is 5.56 Å². The molecule has 1 aromatic heterocycles. The van der Waals surface area contributed by atoms with Crippen molar-refractivity contribution in [1.82, 2.24) is 20.5 Å². The number of benzene rings is 5. The molecule has 6 aromatic rings. The Kier molecular flexibility index (Phi) is 13.0. The molecule has 0 saturated carbocycles.